The number of aryl methyl sites for hydroxylation is 2. The molecule has 2 aromatic rings. The second kappa shape index (κ2) is 12.3. The summed E-state index contributed by atoms with van der Waals surface area (Å²) in [7, 11) is 2.09. The van der Waals surface area contributed by atoms with Gasteiger partial charge in [0.2, 0.25) is 0 Å². The van der Waals surface area contributed by atoms with Crippen molar-refractivity contribution < 1.29 is 19.0 Å². The number of carbonyl (C=O) groups is 1. The van der Waals surface area contributed by atoms with E-state index in [4.69, 9.17) is 14.2 Å². The molecule has 1 aromatic heterocycles. The molecule has 0 unspecified atom stereocenters. The Morgan fingerprint density at radius 2 is 1.79 bits per heavy atom. The van der Waals surface area contributed by atoms with Crippen molar-refractivity contribution in [2.45, 2.75) is 97.4 Å². The molecule has 0 amide bonds. The molecule has 33 heavy (non-hydrogen) atoms. The van der Waals surface area contributed by atoms with Gasteiger partial charge in [-0.05, 0) is 66.5 Å². The van der Waals surface area contributed by atoms with Crippen LogP contribution in [0.1, 0.15) is 72.1 Å². The van der Waals surface area contributed by atoms with Crippen molar-refractivity contribution in [3.8, 4) is 5.75 Å². The third-order valence-electron chi connectivity index (χ3n) is 5.43. The smallest absolute Gasteiger partial charge is 0.311 e. The molecular formula is C25H40BN3O4. The van der Waals surface area contributed by atoms with Crippen molar-refractivity contribution in [1.29, 1.82) is 0 Å². The molecule has 182 valence electrons. The third-order valence-corrected chi connectivity index (χ3v) is 5.43. The summed E-state index contributed by atoms with van der Waals surface area (Å²) >= 11 is 0. The Morgan fingerprint density at radius 1 is 1.09 bits per heavy atom. The molecule has 0 bridgehead atoms. The highest BCUT2D eigenvalue weighted by molar-refractivity contribution is 6.08. The fraction of sp³-hybridized carbons (Fsp3) is 0.640. The number of hydrogen-bond donors (Lipinski definition) is 0. The van der Waals surface area contributed by atoms with Gasteiger partial charge in [-0.2, -0.15) is 0 Å². The molecule has 0 N–H and O–H groups in total. The van der Waals surface area contributed by atoms with Crippen LogP contribution in [0.5, 0.6) is 5.75 Å². The summed E-state index contributed by atoms with van der Waals surface area (Å²) in [6.07, 6.45) is 5.44. The van der Waals surface area contributed by atoms with Crippen LogP contribution in [0.4, 0.5) is 0 Å². The van der Waals surface area contributed by atoms with Gasteiger partial charge in [-0.25, -0.2) is 0 Å². The van der Waals surface area contributed by atoms with E-state index in [-0.39, 0.29) is 29.7 Å². The Kier molecular flexibility index (Phi) is 10.1. The van der Waals surface area contributed by atoms with E-state index >= 15 is 0 Å². The number of aromatic nitrogens is 3. The molecule has 0 saturated heterocycles. The van der Waals surface area contributed by atoms with Crippen LogP contribution in [0.25, 0.3) is 0 Å². The van der Waals surface area contributed by atoms with E-state index < -0.39 is 0 Å². The molecule has 0 aliphatic heterocycles. The van der Waals surface area contributed by atoms with Gasteiger partial charge in [-0.3, -0.25) is 9.48 Å². The molecule has 0 aliphatic carbocycles. The lowest BCUT2D eigenvalue weighted by atomic mass is 9.97. The maximum Gasteiger partial charge on any atom is 0.311 e. The summed E-state index contributed by atoms with van der Waals surface area (Å²) in [5.41, 5.74) is 1.51. The molecule has 1 aromatic carbocycles. The molecular weight excluding hydrogens is 417 g/mol. The van der Waals surface area contributed by atoms with Crippen molar-refractivity contribution in [2.24, 2.45) is 0 Å². The second-order valence-corrected chi connectivity index (χ2v) is 9.98. The van der Waals surface area contributed by atoms with Gasteiger partial charge >= 0.3 is 5.97 Å². The lowest BCUT2D eigenvalue weighted by molar-refractivity contribution is -0.134. The average molecular weight is 457 g/mol. The molecule has 0 fully saturated rings. The predicted octanol–water partition coefficient (Wildman–Crippen LogP) is 3.73. The normalized spacial score (nSPS) is 12.3. The molecule has 0 aliphatic rings. The van der Waals surface area contributed by atoms with E-state index in [0.29, 0.717) is 25.3 Å². The Balaban J connectivity index is 1.71. The van der Waals surface area contributed by atoms with Gasteiger partial charge in [0.15, 0.2) is 0 Å². The molecule has 8 heteroatoms. The first kappa shape index (κ1) is 27.1. The Bertz CT molecular complexity index is 863. The summed E-state index contributed by atoms with van der Waals surface area (Å²) in [6, 6.07) is 7.60. The van der Waals surface area contributed by atoms with E-state index in [1.54, 1.807) is 4.68 Å². The zero-order valence-electron chi connectivity index (χ0n) is 21.4. The fourth-order valence-electron chi connectivity index (χ4n) is 3.49. The minimum atomic E-state index is -0.281. The first-order valence-electron chi connectivity index (χ1n) is 12.0. The van der Waals surface area contributed by atoms with Crippen molar-refractivity contribution in [2.75, 3.05) is 6.61 Å². The first-order chi connectivity index (χ1) is 15.5. The van der Waals surface area contributed by atoms with Crippen LogP contribution in [0.2, 0.25) is 0 Å². The van der Waals surface area contributed by atoms with Crippen LogP contribution in [0.15, 0.2) is 30.5 Å². The van der Waals surface area contributed by atoms with Crippen molar-refractivity contribution in [3.05, 3.63) is 41.7 Å². The highest BCUT2D eigenvalue weighted by Gasteiger charge is 2.23. The zero-order valence-corrected chi connectivity index (χ0v) is 21.4. The van der Waals surface area contributed by atoms with Gasteiger partial charge in [0.05, 0.1) is 36.0 Å². The van der Waals surface area contributed by atoms with Crippen molar-refractivity contribution in [1.82, 2.24) is 15.0 Å². The van der Waals surface area contributed by atoms with Gasteiger partial charge in [-0.15, -0.1) is 5.10 Å². The molecule has 0 atom stereocenters. The maximum absolute atomic E-state index is 12.1. The minimum Gasteiger partial charge on any atom is -0.427 e. The van der Waals surface area contributed by atoms with E-state index in [1.165, 1.54) is 5.56 Å². The average Bonchev–Trinajstić information content (AvgIpc) is 3.18. The number of rotatable bonds is 14. The third kappa shape index (κ3) is 10.5. The Labute approximate surface area is 199 Å². The predicted molar refractivity (Wildman–Crippen MR) is 132 cm³/mol. The molecule has 2 rings (SSSR count). The molecule has 0 saturated carbocycles. The van der Waals surface area contributed by atoms with Gasteiger partial charge in [-0.1, -0.05) is 29.2 Å². The van der Waals surface area contributed by atoms with Gasteiger partial charge in [0, 0.05) is 19.2 Å². The van der Waals surface area contributed by atoms with E-state index in [9.17, 15) is 4.79 Å². The van der Waals surface area contributed by atoms with Crippen molar-refractivity contribution in [3.63, 3.8) is 0 Å². The lowest BCUT2D eigenvalue weighted by Crippen LogP contribution is -2.33. The van der Waals surface area contributed by atoms with E-state index in [2.05, 4.69) is 45.9 Å². The summed E-state index contributed by atoms with van der Waals surface area (Å²) < 4.78 is 19.3. The Hall–Kier alpha value is -2.19. The van der Waals surface area contributed by atoms with Crippen LogP contribution in [0.3, 0.4) is 0 Å². The molecule has 1 heterocycles. The topological polar surface area (TPSA) is 75.5 Å². The largest absolute Gasteiger partial charge is 0.427 e. The van der Waals surface area contributed by atoms with Crippen LogP contribution in [0, 0.1) is 0 Å². The lowest BCUT2D eigenvalue weighted by Gasteiger charge is -2.31. The van der Waals surface area contributed by atoms with E-state index in [1.807, 2.05) is 44.3 Å². The number of hydrogen-bond acceptors (Lipinski definition) is 6. The highest BCUT2D eigenvalue weighted by Crippen LogP contribution is 2.21. The second-order valence-electron chi connectivity index (χ2n) is 9.98. The minimum absolute atomic E-state index is 0.198. The molecule has 0 spiro atoms. The van der Waals surface area contributed by atoms with Gasteiger partial charge in [0.25, 0.3) is 0 Å². The van der Waals surface area contributed by atoms with Gasteiger partial charge < -0.3 is 14.2 Å². The van der Waals surface area contributed by atoms with Crippen LogP contribution >= 0.6 is 0 Å². The number of carbonyl (C=O) groups excluding carboxylic acids is 1. The SMILES string of the molecule is BCc1ccc(OC(=O)CCc2cn(CCC(C)(C)OCCC(C)(C)OC(C)C)nn2)cc1. The van der Waals surface area contributed by atoms with Gasteiger partial charge in [0.1, 0.15) is 13.6 Å². The standard InChI is InChI=1S/C25H40BN3O4/c1-19(2)33-25(5,6)14-16-31-24(3,4)13-15-29-18-21(27-28-29)9-12-23(30)32-22-10-7-20(17-26)8-11-22/h7-8,10-11,18-19H,9,12-17,26H2,1-6H3. The summed E-state index contributed by atoms with van der Waals surface area (Å²) in [6.45, 7) is 13.8. The monoisotopic (exact) mass is 457 g/mol. The summed E-state index contributed by atoms with van der Waals surface area (Å²) in [5.74, 6) is 0.301. The van der Waals surface area contributed by atoms with Crippen LogP contribution in [-0.4, -0.2) is 52.7 Å². The fourth-order valence-corrected chi connectivity index (χ4v) is 3.49. The first-order valence-corrected chi connectivity index (χ1v) is 12.0. The molecule has 0 radical (unpaired) electrons. The summed E-state index contributed by atoms with van der Waals surface area (Å²) in [5, 5.41) is 8.38. The number of esters is 1. The summed E-state index contributed by atoms with van der Waals surface area (Å²) in [4.78, 5) is 12.1. The van der Waals surface area contributed by atoms with Crippen LogP contribution < -0.4 is 4.74 Å². The quantitative estimate of drug-likeness (QED) is 0.245. The maximum atomic E-state index is 12.1. The molecule has 7 nitrogen and oxygen atoms in total. The number of benzene rings is 1. The number of nitrogens with zero attached hydrogens (tertiary/aromatic N) is 3. The highest BCUT2D eigenvalue weighted by atomic mass is 16.5. The number of ether oxygens (including phenoxy) is 3. The van der Waals surface area contributed by atoms with Crippen molar-refractivity contribution >= 4 is 13.8 Å². The zero-order chi connectivity index (χ0) is 24.5. The van der Waals surface area contributed by atoms with Crippen LogP contribution in [-0.2, 0) is 33.6 Å². The Morgan fingerprint density at radius 3 is 2.42 bits per heavy atom. The van der Waals surface area contributed by atoms with E-state index in [0.717, 1.165) is 24.9 Å².